The average Bonchev–Trinajstić information content (AvgIpc) is 2.94. The van der Waals surface area contributed by atoms with Crippen LogP contribution in [0, 0.1) is 0 Å². The third-order valence-corrected chi connectivity index (χ3v) is 5.84. The van der Waals surface area contributed by atoms with Crippen LogP contribution in [0.3, 0.4) is 0 Å². The SMILES string of the molecule is Cn1c(=O)n(CC(=O)NCCCN)c(=O)c2c3c(sc21)COC(C)(C)C3. The number of rotatable bonds is 5. The normalized spacial score (nSPS) is 15.8. The first kappa shape index (κ1) is 18.8. The zero-order chi connectivity index (χ0) is 19.1. The number of aromatic nitrogens is 2. The fourth-order valence-electron chi connectivity index (χ4n) is 3.15. The summed E-state index contributed by atoms with van der Waals surface area (Å²) in [7, 11) is 1.63. The smallest absolute Gasteiger partial charge is 0.332 e. The second kappa shape index (κ2) is 6.98. The Hall–Kier alpha value is -1.97. The Labute approximate surface area is 154 Å². The standard InChI is InChI=1S/C17H24N4O4S/c1-17(2)7-10-11(9-25-17)26-15-13(10)14(23)21(16(24)20(15)3)8-12(22)19-6-4-5-18/h4-9,18H2,1-3H3,(H,19,22). The molecule has 2 aromatic rings. The Morgan fingerprint density at radius 2 is 2.12 bits per heavy atom. The van der Waals surface area contributed by atoms with Crippen molar-refractivity contribution < 1.29 is 9.53 Å². The van der Waals surface area contributed by atoms with Crippen LogP contribution in [0.15, 0.2) is 9.59 Å². The van der Waals surface area contributed by atoms with Crippen molar-refractivity contribution in [3.05, 3.63) is 31.3 Å². The summed E-state index contributed by atoms with van der Waals surface area (Å²) in [5.41, 5.74) is 5.06. The fraction of sp³-hybridized carbons (Fsp3) is 0.588. The van der Waals surface area contributed by atoms with Crippen LogP contribution in [0.25, 0.3) is 10.2 Å². The number of carbonyl (C=O) groups excluding carboxylic acids is 1. The van der Waals surface area contributed by atoms with Crippen molar-refractivity contribution >= 4 is 27.5 Å². The molecule has 0 aromatic carbocycles. The molecule has 0 atom stereocenters. The zero-order valence-electron chi connectivity index (χ0n) is 15.3. The molecule has 0 radical (unpaired) electrons. The molecule has 0 saturated heterocycles. The second-order valence-electron chi connectivity index (χ2n) is 7.13. The van der Waals surface area contributed by atoms with Gasteiger partial charge in [0.25, 0.3) is 5.56 Å². The van der Waals surface area contributed by atoms with Crippen LogP contribution in [-0.4, -0.2) is 33.7 Å². The van der Waals surface area contributed by atoms with E-state index < -0.39 is 11.2 Å². The summed E-state index contributed by atoms with van der Waals surface area (Å²) in [6.45, 7) is 4.97. The van der Waals surface area contributed by atoms with Gasteiger partial charge in [-0.1, -0.05) is 0 Å². The molecule has 0 fully saturated rings. The van der Waals surface area contributed by atoms with Crippen molar-refractivity contribution in [3.8, 4) is 0 Å². The lowest BCUT2D eigenvalue weighted by Gasteiger charge is -2.29. The van der Waals surface area contributed by atoms with Crippen molar-refractivity contribution in [2.24, 2.45) is 12.8 Å². The minimum absolute atomic E-state index is 0.295. The number of nitrogens with one attached hydrogen (secondary N) is 1. The number of amides is 1. The number of nitrogens with zero attached hydrogens (tertiary/aromatic N) is 2. The summed E-state index contributed by atoms with van der Waals surface area (Å²) in [6, 6.07) is 0. The van der Waals surface area contributed by atoms with Crippen molar-refractivity contribution in [1.82, 2.24) is 14.5 Å². The minimum atomic E-state index is -0.491. The van der Waals surface area contributed by atoms with Gasteiger partial charge in [0.05, 0.1) is 17.6 Å². The molecule has 9 heteroatoms. The Kier molecular flexibility index (Phi) is 5.05. The molecule has 142 valence electrons. The first-order valence-electron chi connectivity index (χ1n) is 8.60. The number of hydrogen-bond donors (Lipinski definition) is 2. The van der Waals surface area contributed by atoms with Crippen LogP contribution in [0.5, 0.6) is 0 Å². The molecule has 0 spiro atoms. The summed E-state index contributed by atoms with van der Waals surface area (Å²) in [6.07, 6.45) is 1.24. The predicted octanol–water partition coefficient (Wildman–Crippen LogP) is 0.0780. The van der Waals surface area contributed by atoms with E-state index in [0.29, 0.717) is 42.8 Å². The van der Waals surface area contributed by atoms with Crippen LogP contribution < -0.4 is 22.3 Å². The van der Waals surface area contributed by atoms with E-state index in [1.165, 1.54) is 15.9 Å². The maximum atomic E-state index is 13.0. The first-order valence-corrected chi connectivity index (χ1v) is 9.41. The third-order valence-electron chi connectivity index (χ3n) is 4.55. The van der Waals surface area contributed by atoms with E-state index in [4.69, 9.17) is 10.5 Å². The molecule has 1 aliphatic heterocycles. The average molecular weight is 380 g/mol. The van der Waals surface area contributed by atoms with Crippen LogP contribution >= 0.6 is 11.3 Å². The highest BCUT2D eigenvalue weighted by atomic mass is 32.1. The molecule has 3 heterocycles. The van der Waals surface area contributed by atoms with Crippen molar-refractivity contribution in [3.63, 3.8) is 0 Å². The minimum Gasteiger partial charge on any atom is -0.370 e. The van der Waals surface area contributed by atoms with Gasteiger partial charge in [0.15, 0.2) is 0 Å². The lowest BCUT2D eigenvalue weighted by atomic mass is 9.94. The molecule has 3 N–H and O–H groups in total. The molecule has 26 heavy (non-hydrogen) atoms. The summed E-state index contributed by atoms with van der Waals surface area (Å²) in [5.74, 6) is -0.371. The summed E-state index contributed by atoms with van der Waals surface area (Å²) < 4.78 is 8.27. The van der Waals surface area contributed by atoms with E-state index in [1.54, 1.807) is 7.05 Å². The maximum absolute atomic E-state index is 13.0. The molecule has 0 saturated carbocycles. The van der Waals surface area contributed by atoms with Gasteiger partial charge in [-0.15, -0.1) is 11.3 Å². The second-order valence-corrected chi connectivity index (χ2v) is 8.22. The van der Waals surface area contributed by atoms with Gasteiger partial charge in [-0.3, -0.25) is 18.7 Å². The number of hydrogen-bond acceptors (Lipinski definition) is 6. The van der Waals surface area contributed by atoms with E-state index in [1.807, 2.05) is 13.8 Å². The number of thiophene rings is 1. The van der Waals surface area contributed by atoms with Gasteiger partial charge in [0, 0.05) is 24.9 Å². The number of ether oxygens (including phenoxy) is 1. The number of carbonyl (C=O) groups is 1. The molecule has 2 aromatic heterocycles. The Bertz CT molecular complexity index is 970. The van der Waals surface area contributed by atoms with E-state index in [2.05, 4.69) is 5.32 Å². The molecule has 3 rings (SSSR count). The van der Waals surface area contributed by atoms with Gasteiger partial charge < -0.3 is 15.8 Å². The Morgan fingerprint density at radius 1 is 1.38 bits per heavy atom. The van der Waals surface area contributed by atoms with Crippen LogP contribution in [0.4, 0.5) is 0 Å². The Balaban J connectivity index is 2.07. The highest BCUT2D eigenvalue weighted by Crippen LogP contribution is 2.36. The van der Waals surface area contributed by atoms with Crippen LogP contribution in [0.2, 0.25) is 0 Å². The van der Waals surface area contributed by atoms with E-state index in [0.717, 1.165) is 15.0 Å². The predicted molar refractivity (Wildman–Crippen MR) is 101 cm³/mol. The third kappa shape index (κ3) is 3.34. The van der Waals surface area contributed by atoms with Gasteiger partial charge >= 0.3 is 5.69 Å². The quantitative estimate of drug-likeness (QED) is 0.714. The zero-order valence-corrected chi connectivity index (χ0v) is 16.1. The van der Waals surface area contributed by atoms with Gasteiger partial charge in [-0.2, -0.15) is 0 Å². The highest BCUT2D eigenvalue weighted by molar-refractivity contribution is 7.18. The van der Waals surface area contributed by atoms with Gasteiger partial charge in [0.2, 0.25) is 5.91 Å². The molecular formula is C17H24N4O4S. The number of nitrogens with two attached hydrogens (primary N) is 1. The monoisotopic (exact) mass is 380 g/mol. The van der Waals surface area contributed by atoms with Crippen molar-refractivity contribution in [1.29, 1.82) is 0 Å². The molecule has 8 nitrogen and oxygen atoms in total. The van der Waals surface area contributed by atoms with E-state index in [9.17, 15) is 14.4 Å². The first-order chi connectivity index (χ1) is 12.2. The topological polar surface area (TPSA) is 108 Å². The van der Waals surface area contributed by atoms with Gasteiger partial charge in [0.1, 0.15) is 11.4 Å². The van der Waals surface area contributed by atoms with Crippen molar-refractivity contribution in [2.45, 2.75) is 45.4 Å². The lowest BCUT2D eigenvalue weighted by molar-refractivity contribution is -0.121. The number of fused-ring (bicyclic) bond motifs is 3. The molecule has 0 unspecified atom stereocenters. The molecule has 1 amide bonds. The lowest BCUT2D eigenvalue weighted by Crippen LogP contribution is -2.43. The summed E-state index contributed by atoms with van der Waals surface area (Å²) in [5, 5.41) is 3.21. The summed E-state index contributed by atoms with van der Waals surface area (Å²) in [4.78, 5) is 39.3. The van der Waals surface area contributed by atoms with Crippen molar-refractivity contribution in [2.75, 3.05) is 13.1 Å². The molecule has 1 aliphatic rings. The fourth-order valence-corrected chi connectivity index (χ4v) is 4.33. The van der Waals surface area contributed by atoms with E-state index >= 15 is 0 Å². The van der Waals surface area contributed by atoms with E-state index in [-0.39, 0.29) is 18.1 Å². The van der Waals surface area contributed by atoms with Gasteiger partial charge in [-0.05, 0) is 32.4 Å². The van der Waals surface area contributed by atoms with Crippen LogP contribution in [-0.2, 0) is 36.2 Å². The van der Waals surface area contributed by atoms with Crippen LogP contribution in [0.1, 0.15) is 30.7 Å². The summed E-state index contributed by atoms with van der Waals surface area (Å²) >= 11 is 1.41. The molecular weight excluding hydrogens is 356 g/mol. The molecule has 0 bridgehead atoms. The maximum Gasteiger partial charge on any atom is 0.332 e. The number of aryl methyl sites for hydroxylation is 1. The largest absolute Gasteiger partial charge is 0.370 e. The molecule has 0 aliphatic carbocycles. The highest BCUT2D eigenvalue weighted by Gasteiger charge is 2.31. The Morgan fingerprint density at radius 3 is 2.81 bits per heavy atom. The van der Waals surface area contributed by atoms with Gasteiger partial charge in [-0.25, -0.2) is 4.79 Å².